The van der Waals surface area contributed by atoms with Crippen LogP contribution in [0, 0.1) is 0 Å². The summed E-state index contributed by atoms with van der Waals surface area (Å²) >= 11 is 5.87. The molecule has 9 heteroatoms. The van der Waals surface area contributed by atoms with Crippen LogP contribution in [0.5, 0.6) is 0 Å². The van der Waals surface area contributed by atoms with Crippen molar-refractivity contribution in [1.29, 1.82) is 0 Å². The Labute approximate surface area is 124 Å². The molecule has 0 aliphatic rings. The van der Waals surface area contributed by atoms with Gasteiger partial charge in [0.15, 0.2) is 5.82 Å². The Morgan fingerprint density at radius 3 is 2.50 bits per heavy atom. The number of hydrogen-bond donors (Lipinski definition) is 3. The van der Waals surface area contributed by atoms with E-state index < -0.39 is 10.0 Å². The van der Waals surface area contributed by atoms with Crippen LogP contribution in [-0.2, 0) is 10.0 Å². The topological polar surface area (TPSA) is 100 Å². The van der Waals surface area contributed by atoms with E-state index in [0.717, 1.165) is 0 Å². The van der Waals surface area contributed by atoms with Crippen molar-refractivity contribution in [1.82, 2.24) is 14.6 Å². The third-order valence-electron chi connectivity index (χ3n) is 3.17. The van der Waals surface area contributed by atoms with E-state index in [4.69, 9.17) is 17.4 Å². The van der Waals surface area contributed by atoms with Crippen LogP contribution in [0.25, 0.3) is 0 Å². The average Bonchev–Trinajstić information content (AvgIpc) is 2.36. The number of nitrogen functional groups attached to an aromatic ring is 1. The number of hydrazine groups is 1. The maximum Gasteiger partial charge on any atom is 0.242 e. The van der Waals surface area contributed by atoms with Crippen LogP contribution in [0.3, 0.4) is 0 Å². The quantitative estimate of drug-likeness (QED) is 0.525. The van der Waals surface area contributed by atoms with E-state index in [1.807, 2.05) is 32.8 Å². The Balaban J connectivity index is 2.92. The number of rotatable bonds is 6. The summed E-state index contributed by atoms with van der Waals surface area (Å²) in [7, 11) is 0.100. The van der Waals surface area contributed by atoms with Crippen LogP contribution >= 0.6 is 11.6 Å². The van der Waals surface area contributed by atoms with Gasteiger partial charge in [-0.1, -0.05) is 11.6 Å². The second kappa shape index (κ2) is 6.23. The fourth-order valence-corrected chi connectivity index (χ4v) is 2.65. The van der Waals surface area contributed by atoms with Gasteiger partial charge in [-0.2, -0.15) is 0 Å². The minimum absolute atomic E-state index is 0.00365. The van der Waals surface area contributed by atoms with E-state index in [0.29, 0.717) is 0 Å². The molecule has 20 heavy (non-hydrogen) atoms. The van der Waals surface area contributed by atoms with Gasteiger partial charge in [-0.3, -0.25) is 0 Å². The normalized spacial score (nSPS) is 12.8. The fourth-order valence-electron chi connectivity index (χ4n) is 1.19. The van der Waals surface area contributed by atoms with E-state index in [-0.39, 0.29) is 27.8 Å². The monoisotopic (exact) mass is 321 g/mol. The molecule has 0 aromatic carbocycles. The molecule has 1 heterocycles. The molecule has 1 aromatic heterocycles. The number of nitrogens with two attached hydrogens (primary N) is 1. The average molecular weight is 322 g/mol. The molecular weight excluding hydrogens is 302 g/mol. The first kappa shape index (κ1) is 17.1. The Hall–Kier alpha value is -0.930. The van der Waals surface area contributed by atoms with E-state index in [9.17, 15) is 8.42 Å². The maximum absolute atomic E-state index is 12.2. The van der Waals surface area contributed by atoms with Crippen molar-refractivity contribution in [2.24, 2.45) is 5.84 Å². The first-order chi connectivity index (χ1) is 9.10. The third kappa shape index (κ3) is 4.03. The summed E-state index contributed by atoms with van der Waals surface area (Å²) in [6, 6.07) is 1.30. The lowest BCUT2D eigenvalue weighted by Crippen LogP contribution is -2.48. The number of sulfonamides is 1. The molecule has 0 unspecified atom stereocenters. The highest BCUT2D eigenvalue weighted by Crippen LogP contribution is 2.21. The number of pyridine rings is 1. The van der Waals surface area contributed by atoms with Gasteiger partial charge < -0.3 is 10.3 Å². The lowest BCUT2D eigenvalue weighted by atomic mass is 10.1. The summed E-state index contributed by atoms with van der Waals surface area (Å²) in [6.45, 7) is 4.13. The van der Waals surface area contributed by atoms with Crippen molar-refractivity contribution in [3.8, 4) is 0 Å². The summed E-state index contributed by atoms with van der Waals surface area (Å²) in [4.78, 5) is 5.77. The van der Waals surface area contributed by atoms with Crippen molar-refractivity contribution in [3.63, 3.8) is 0 Å². The summed E-state index contributed by atoms with van der Waals surface area (Å²) in [6.07, 6.45) is 1.20. The van der Waals surface area contributed by atoms with Crippen LogP contribution in [0.4, 0.5) is 5.82 Å². The summed E-state index contributed by atoms with van der Waals surface area (Å²) in [5.41, 5.74) is 1.96. The van der Waals surface area contributed by atoms with Crippen molar-refractivity contribution >= 4 is 27.4 Å². The number of nitrogens with zero attached hydrogens (tertiary/aromatic N) is 2. The molecule has 0 aliphatic carbocycles. The minimum atomic E-state index is -3.67. The Morgan fingerprint density at radius 2 is 2.05 bits per heavy atom. The predicted octanol–water partition coefficient (Wildman–Crippen LogP) is 0.639. The van der Waals surface area contributed by atoms with Crippen LogP contribution in [0.2, 0.25) is 5.02 Å². The number of anilines is 1. The molecule has 0 spiro atoms. The number of aromatic nitrogens is 1. The molecule has 4 N–H and O–H groups in total. The zero-order chi connectivity index (χ0) is 15.6. The predicted molar refractivity (Wildman–Crippen MR) is 80.0 cm³/mol. The minimum Gasteiger partial charge on any atom is -0.307 e. The Bertz CT molecular complexity index is 574. The van der Waals surface area contributed by atoms with Crippen molar-refractivity contribution in [2.75, 3.05) is 26.1 Å². The molecule has 0 amide bonds. The first-order valence-electron chi connectivity index (χ1n) is 5.89. The van der Waals surface area contributed by atoms with Gasteiger partial charge in [0, 0.05) is 18.3 Å². The molecule has 0 fully saturated rings. The lowest BCUT2D eigenvalue weighted by Gasteiger charge is -2.32. The van der Waals surface area contributed by atoms with E-state index in [1.165, 1.54) is 12.3 Å². The van der Waals surface area contributed by atoms with Gasteiger partial charge in [-0.15, -0.1) is 0 Å². The maximum atomic E-state index is 12.2. The van der Waals surface area contributed by atoms with Gasteiger partial charge in [-0.05, 0) is 34.0 Å². The highest BCUT2D eigenvalue weighted by Gasteiger charge is 2.24. The highest BCUT2D eigenvalue weighted by atomic mass is 35.5. The van der Waals surface area contributed by atoms with Gasteiger partial charge in [0.2, 0.25) is 10.0 Å². The van der Waals surface area contributed by atoms with Crippen molar-refractivity contribution < 1.29 is 8.42 Å². The molecule has 0 aliphatic heterocycles. The van der Waals surface area contributed by atoms with Crippen LogP contribution in [0.1, 0.15) is 13.8 Å². The van der Waals surface area contributed by atoms with Crippen LogP contribution in [0.15, 0.2) is 17.2 Å². The van der Waals surface area contributed by atoms with E-state index in [1.54, 1.807) is 0 Å². The Morgan fingerprint density at radius 1 is 1.45 bits per heavy atom. The van der Waals surface area contributed by atoms with Gasteiger partial charge in [-0.25, -0.2) is 24.0 Å². The largest absolute Gasteiger partial charge is 0.307 e. The molecule has 0 atom stereocenters. The third-order valence-corrected chi connectivity index (χ3v) is 4.82. The molecule has 0 radical (unpaired) electrons. The van der Waals surface area contributed by atoms with Gasteiger partial charge in [0.1, 0.15) is 4.90 Å². The second-order valence-electron chi connectivity index (χ2n) is 5.18. The number of halogens is 1. The standard InChI is InChI=1S/C11H20ClN5O2S/c1-11(2,17(3)4)7-15-20(18,19)8-5-9(12)10(16-13)14-6-8/h5-6,15H,7,13H2,1-4H3,(H,14,16). The molecule has 1 rings (SSSR count). The highest BCUT2D eigenvalue weighted by molar-refractivity contribution is 7.89. The lowest BCUT2D eigenvalue weighted by molar-refractivity contribution is 0.199. The molecule has 7 nitrogen and oxygen atoms in total. The smallest absolute Gasteiger partial charge is 0.242 e. The zero-order valence-electron chi connectivity index (χ0n) is 11.9. The molecule has 114 valence electrons. The molecule has 0 bridgehead atoms. The number of likely N-dealkylation sites (N-methyl/N-ethyl adjacent to an activating group) is 1. The van der Waals surface area contributed by atoms with Gasteiger partial charge >= 0.3 is 0 Å². The fraction of sp³-hybridized carbons (Fsp3) is 0.545. The SMILES string of the molecule is CN(C)C(C)(C)CNS(=O)(=O)c1cnc(NN)c(Cl)c1. The summed E-state index contributed by atoms with van der Waals surface area (Å²) in [5, 5.41) is 0.141. The Kier molecular flexibility index (Phi) is 5.33. The molecular formula is C11H20ClN5O2S. The summed E-state index contributed by atoms with van der Waals surface area (Å²) < 4.78 is 26.9. The van der Waals surface area contributed by atoms with Gasteiger partial charge in [0.05, 0.1) is 5.02 Å². The molecule has 0 saturated carbocycles. The van der Waals surface area contributed by atoms with Crippen molar-refractivity contribution in [2.45, 2.75) is 24.3 Å². The first-order valence-corrected chi connectivity index (χ1v) is 7.75. The molecule has 0 saturated heterocycles. The summed E-state index contributed by atoms with van der Waals surface area (Å²) in [5.74, 6) is 5.41. The van der Waals surface area contributed by atoms with E-state index >= 15 is 0 Å². The van der Waals surface area contributed by atoms with E-state index in [2.05, 4.69) is 15.1 Å². The van der Waals surface area contributed by atoms with Crippen molar-refractivity contribution in [3.05, 3.63) is 17.3 Å². The zero-order valence-corrected chi connectivity index (χ0v) is 13.5. The number of hydrogen-bond acceptors (Lipinski definition) is 6. The van der Waals surface area contributed by atoms with Gasteiger partial charge in [0.25, 0.3) is 0 Å². The molecule has 1 aromatic rings. The number of nitrogens with one attached hydrogen (secondary N) is 2. The van der Waals surface area contributed by atoms with Crippen LogP contribution in [-0.4, -0.2) is 44.5 Å². The van der Waals surface area contributed by atoms with Crippen LogP contribution < -0.4 is 16.0 Å². The second-order valence-corrected chi connectivity index (χ2v) is 7.35.